The summed E-state index contributed by atoms with van der Waals surface area (Å²) in [5, 5.41) is 4.74. The highest BCUT2D eigenvalue weighted by Gasteiger charge is 2.27. The molecule has 34 heavy (non-hydrogen) atoms. The molecule has 0 aliphatic carbocycles. The third-order valence-electron chi connectivity index (χ3n) is 6.47. The van der Waals surface area contributed by atoms with Crippen LogP contribution in [-0.4, -0.2) is 31.6 Å². The first-order valence-electron chi connectivity index (χ1n) is 11.5. The number of aromatic nitrogens is 4. The molecular formula is C27H23N5O2. The molecule has 1 aliphatic rings. The maximum atomic E-state index is 13.2. The molecule has 0 saturated carbocycles. The van der Waals surface area contributed by atoms with Crippen LogP contribution in [-0.2, 0) is 30.7 Å². The number of aryl methyl sites for hydroxylation is 1. The van der Waals surface area contributed by atoms with Crippen molar-refractivity contribution in [1.29, 1.82) is 0 Å². The molecule has 1 aliphatic heterocycles. The van der Waals surface area contributed by atoms with Gasteiger partial charge in [-0.1, -0.05) is 36.4 Å². The van der Waals surface area contributed by atoms with E-state index in [1.807, 2.05) is 65.2 Å². The quantitative estimate of drug-likeness (QED) is 0.446. The van der Waals surface area contributed by atoms with E-state index in [1.54, 1.807) is 10.8 Å². The monoisotopic (exact) mass is 449 g/mol. The zero-order valence-electron chi connectivity index (χ0n) is 18.6. The number of fused-ring (bicyclic) bond motifs is 6. The number of para-hydroxylation sites is 2. The predicted octanol–water partition coefficient (Wildman–Crippen LogP) is 3.33. The molecule has 7 nitrogen and oxygen atoms in total. The molecule has 6 rings (SSSR count). The summed E-state index contributed by atoms with van der Waals surface area (Å²) in [7, 11) is 0. The van der Waals surface area contributed by atoms with Crippen LogP contribution in [0, 0.1) is 0 Å². The summed E-state index contributed by atoms with van der Waals surface area (Å²) in [6.45, 7) is 1.24. The minimum atomic E-state index is -0.0836. The van der Waals surface area contributed by atoms with Crippen LogP contribution in [0.2, 0.25) is 0 Å². The number of pyridine rings is 1. The lowest BCUT2D eigenvalue weighted by molar-refractivity contribution is -0.121. The van der Waals surface area contributed by atoms with Gasteiger partial charge >= 0.3 is 0 Å². The van der Waals surface area contributed by atoms with E-state index >= 15 is 0 Å². The van der Waals surface area contributed by atoms with E-state index in [-0.39, 0.29) is 18.0 Å². The minimum absolute atomic E-state index is 0.0390. The van der Waals surface area contributed by atoms with E-state index in [4.69, 9.17) is 4.98 Å². The van der Waals surface area contributed by atoms with Crippen LogP contribution < -0.4 is 10.9 Å². The van der Waals surface area contributed by atoms with Crippen molar-refractivity contribution in [2.24, 2.45) is 0 Å². The fourth-order valence-electron chi connectivity index (χ4n) is 4.90. The fourth-order valence-corrected chi connectivity index (χ4v) is 4.90. The Balaban J connectivity index is 1.40. The van der Waals surface area contributed by atoms with Crippen molar-refractivity contribution in [1.82, 2.24) is 24.4 Å². The van der Waals surface area contributed by atoms with Crippen molar-refractivity contribution in [3.63, 3.8) is 0 Å². The molecule has 0 fully saturated rings. The smallest absolute Gasteiger partial charge is 0.261 e. The van der Waals surface area contributed by atoms with Crippen molar-refractivity contribution in [2.75, 3.05) is 6.54 Å². The average Bonchev–Trinajstić information content (AvgIpc) is 3.19. The summed E-state index contributed by atoms with van der Waals surface area (Å²) >= 11 is 0. The van der Waals surface area contributed by atoms with Gasteiger partial charge in [0.05, 0.1) is 16.6 Å². The number of carbonyl (C=O) groups excluding carboxylic acids is 1. The molecular weight excluding hydrogens is 426 g/mol. The molecule has 3 aromatic heterocycles. The third kappa shape index (κ3) is 3.37. The number of amides is 1. The Kier molecular flexibility index (Phi) is 4.95. The zero-order chi connectivity index (χ0) is 23.1. The number of benzene rings is 2. The Morgan fingerprint density at radius 1 is 0.971 bits per heavy atom. The summed E-state index contributed by atoms with van der Waals surface area (Å²) in [5.74, 6) is 0.544. The van der Waals surface area contributed by atoms with Crippen LogP contribution in [0.3, 0.4) is 0 Å². The molecule has 0 spiro atoms. The van der Waals surface area contributed by atoms with E-state index in [1.165, 1.54) is 0 Å². The second-order valence-corrected chi connectivity index (χ2v) is 8.51. The van der Waals surface area contributed by atoms with Gasteiger partial charge in [-0.3, -0.25) is 19.1 Å². The Hall–Kier alpha value is -4.26. The Morgan fingerprint density at radius 2 is 1.76 bits per heavy atom. The van der Waals surface area contributed by atoms with Gasteiger partial charge < -0.3 is 9.88 Å². The molecule has 5 aromatic rings. The standard InChI is InChI=1S/C27H23N5O2/c33-24(29-15-12-18-7-5-6-14-28-18)17-32-23-11-4-2-8-19(23)20-13-16-31-26(25(20)32)30-22-10-3-1-9-21(22)27(31)34/h1-11,14H,12-13,15-17H2,(H,29,33). The number of hydrogen-bond donors (Lipinski definition) is 1. The number of rotatable bonds is 5. The largest absolute Gasteiger partial charge is 0.354 e. The third-order valence-corrected chi connectivity index (χ3v) is 6.47. The molecule has 7 heteroatoms. The van der Waals surface area contributed by atoms with Crippen molar-refractivity contribution < 1.29 is 4.79 Å². The summed E-state index contributed by atoms with van der Waals surface area (Å²) in [6, 6.07) is 21.3. The minimum Gasteiger partial charge on any atom is -0.354 e. The average molecular weight is 450 g/mol. The Morgan fingerprint density at radius 3 is 2.62 bits per heavy atom. The van der Waals surface area contributed by atoms with Crippen LogP contribution in [0.4, 0.5) is 0 Å². The molecule has 1 N–H and O–H groups in total. The highest BCUT2D eigenvalue weighted by molar-refractivity contribution is 5.93. The molecule has 1 amide bonds. The van der Waals surface area contributed by atoms with E-state index in [0.717, 1.165) is 34.3 Å². The van der Waals surface area contributed by atoms with Crippen LogP contribution in [0.15, 0.2) is 77.7 Å². The first-order valence-corrected chi connectivity index (χ1v) is 11.5. The van der Waals surface area contributed by atoms with Crippen LogP contribution in [0.5, 0.6) is 0 Å². The summed E-state index contributed by atoms with van der Waals surface area (Å²) in [6.07, 6.45) is 3.14. The molecule has 0 atom stereocenters. The first kappa shape index (κ1) is 20.4. The second kappa shape index (κ2) is 8.26. The number of carbonyl (C=O) groups is 1. The lowest BCUT2D eigenvalue weighted by Gasteiger charge is -2.21. The maximum absolute atomic E-state index is 13.2. The van der Waals surface area contributed by atoms with Crippen molar-refractivity contribution >= 4 is 27.7 Å². The molecule has 0 unspecified atom stereocenters. The fraction of sp³-hybridized carbons (Fsp3) is 0.185. The molecule has 168 valence electrons. The molecule has 0 saturated heterocycles. The number of hydrogen-bond acceptors (Lipinski definition) is 4. The molecule has 0 bridgehead atoms. The molecule has 2 aromatic carbocycles. The Bertz CT molecular complexity index is 1600. The van der Waals surface area contributed by atoms with Gasteiger partial charge in [0, 0.05) is 42.3 Å². The van der Waals surface area contributed by atoms with Gasteiger partial charge in [0.25, 0.3) is 5.56 Å². The van der Waals surface area contributed by atoms with Crippen molar-refractivity contribution in [3.8, 4) is 11.5 Å². The Labute approximate surface area is 195 Å². The first-order chi connectivity index (χ1) is 16.7. The van der Waals surface area contributed by atoms with Gasteiger partial charge in [-0.2, -0.15) is 0 Å². The van der Waals surface area contributed by atoms with Crippen molar-refractivity contribution in [3.05, 3.63) is 94.5 Å². The predicted molar refractivity (Wildman–Crippen MR) is 132 cm³/mol. The number of nitrogens with one attached hydrogen (secondary N) is 1. The summed E-state index contributed by atoms with van der Waals surface area (Å²) < 4.78 is 3.76. The zero-order valence-corrected chi connectivity index (χ0v) is 18.6. The van der Waals surface area contributed by atoms with Crippen LogP contribution in [0.25, 0.3) is 33.3 Å². The van der Waals surface area contributed by atoms with E-state index in [2.05, 4.69) is 16.4 Å². The SMILES string of the molecule is O=C(Cn1c2c(c3ccccc31)CCn1c-2nc2ccccc2c1=O)NCCc1ccccn1. The van der Waals surface area contributed by atoms with Gasteiger partial charge in [0.1, 0.15) is 6.54 Å². The normalized spacial score (nSPS) is 12.5. The molecule has 0 radical (unpaired) electrons. The highest BCUT2D eigenvalue weighted by Crippen LogP contribution is 2.36. The summed E-state index contributed by atoms with van der Waals surface area (Å²) in [4.78, 5) is 35.4. The lowest BCUT2D eigenvalue weighted by Crippen LogP contribution is -2.31. The second-order valence-electron chi connectivity index (χ2n) is 8.51. The highest BCUT2D eigenvalue weighted by atomic mass is 16.2. The van der Waals surface area contributed by atoms with E-state index in [0.29, 0.717) is 36.2 Å². The van der Waals surface area contributed by atoms with Crippen LogP contribution in [0.1, 0.15) is 11.3 Å². The number of nitrogens with zero attached hydrogens (tertiary/aromatic N) is 4. The van der Waals surface area contributed by atoms with Gasteiger partial charge in [-0.25, -0.2) is 4.98 Å². The van der Waals surface area contributed by atoms with E-state index in [9.17, 15) is 9.59 Å². The van der Waals surface area contributed by atoms with Gasteiger partial charge in [0.15, 0.2) is 5.82 Å². The maximum Gasteiger partial charge on any atom is 0.261 e. The molecule has 4 heterocycles. The lowest BCUT2D eigenvalue weighted by atomic mass is 10.0. The van der Waals surface area contributed by atoms with Crippen molar-refractivity contribution in [2.45, 2.75) is 25.9 Å². The van der Waals surface area contributed by atoms with Gasteiger partial charge in [-0.15, -0.1) is 0 Å². The van der Waals surface area contributed by atoms with Gasteiger partial charge in [0.2, 0.25) is 5.91 Å². The summed E-state index contributed by atoms with van der Waals surface area (Å²) in [5.41, 5.74) is 4.54. The van der Waals surface area contributed by atoms with Gasteiger partial charge in [-0.05, 0) is 42.3 Å². The van der Waals surface area contributed by atoms with Crippen LogP contribution >= 0.6 is 0 Å². The van der Waals surface area contributed by atoms with E-state index < -0.39 is 0 Å². The topological polar surface area (TPSA) is 81.8 Å².